The largest absolute Gasteiger partial charge is 0.441 e. The van der Waals surface area contributed by atoms with Crippen molar-refractivity contribution in [1.29, 1.82) is 0 Å². The lowest BCUT2D eigenvalue weighted by Crippen LogP contribution is -2.16. The molecule has 0 aromatic carbocycles. The van der Waals surface area contributed by atoms with Crippen LogP contribution in [0, 0.1) is 6.92 Å². The Morgan fingerprint density at radius 3 is 2.42 bits per heavy atom. The number of rotatable bonds is 6. The van der Waals surface area contributed by atoms with Crippen molar-refractivity contribution < 1.29 is 13.2 Å². The topological polar surface area (TPSA) is 75.9 Å². The Morgan fingerprint density at radius 2 is 1.89 bits per heavy atom. The molecule has 0 saturated heterocycles. The van der Waals surface area contributed by atoms with Gasteiger partial charge in [0, 0.05) is 24.3 Å². The molecule has 9 heteroatoms. The molecule has 0 aliphatic heterocycles. The first-order valence-corrected chi connectivity index (χ1v) is 6.64. The Morgan fingerprint density at radius 1 is 1.26 bits per heavy atom. The molecule has 19 heavy (non-hydrogen) atoms. The highest BCUT2D eigenvalue weighted by Gasteiger charge is 2.27. The molecule has 1 rings (SSSR count). The van der Waals surface area contributed by atoms with Gasteiger partial charge in [0.1, 0.15) is 17.5 Å². The Hall–Kier alpha value is -1.22. The van der Waals surface area contributed by atoms with E-state index in [1.165, 1.54) is 0 Å². The number of hydrazine groups is 1. The second-order valence-corrected chi connectivity index (χ2v) is 4.84. The number of nitrogens with one attached hydrogen (secondary N) is 2. The third kappa shape index (κ3) is 5.11. The molecule has 0 aliphatic carbocycles. The van der Waals surface area contributed by atoms with E-state index >= 15 is 0 Å². The van der Waals surface area contributed by atoms with Crippen molar-refractivity contribution >= 4 is 23.4 Å². The number of alkyl halides is 3. The molecule has 0 radical (unpaired) electrons. The summed E-state index contributed by atoms with van der Waals surface area (Å²) in [5, 5.41) is 2.87. The Bertz CT molecular complexity index is 424. The van der Waals surface area contributed by atoms with Gasteiger partial charge in [0.2, 0.25) is 0 Å². The molecule has 1 heterocycles. The highest BCUT2D eigenvalue weighted by molar-refractivity contribution is 8.00. The fourth-order valence-corrected chi connectivity index (χ4v) is 1.81. The molecule has 108 valence electrons. The molecule has 0 saturated carbocycles. The van der Waals surface area contributed by atoms with E-state index in [1.54, 1.807) is 6.92 Å². The van der Waals surface area contributed by atoms with Gasteiger partial charge in [-0.2, -0.15) is 13.2 Å². The highest BCUT2D eigenvalue weighted by Crippen LogP contribution is 2.29. The summed E-state index contributed by atoms with van der Waals surface area (Å²) in [4.78, 5) is 8.39. The maximum absolute atomic E-state index is 12.0. The number of halogens is 3. The van der Waals surface area contributed by atoms with Crippen LogP contribution in [0.4, 0.5) is 24.8 Å². The molecule has 0 spiro atoms. The standard InChI is InChI=1S/C10H16F3N5S/c1-3-7-16-8(6(2)9(17-7)18-14)15-4-5-19-10(11,12)13/h3-5,14H2,1-2H3,(H2,15,16,17,18). The number of aromatic nitrogens is 2. The predicted octanol–water partition coefficient (Wildman–Crippen LogP) is 2.30. The van der Waals surface area contributed by atoms with E-state index in [1.807, 2.05) is 6.92 Å². The van der Waals surface area contributed by atoms with Crippen molar-refractivity contribution in [2.45, 2.75) is 25.8 Å². The van der Waals surface area contributed by atoms with Gasteiger partial charge < -0.3 is 10.7 Å². The smallest absolute Gasteiger partial charge is 0.369 e. The Balaban J connectivity index is 2.67. The van der Waals surface area contributed by atoms with Crippen molar-refractivity contribution in [1.82, 2.24) is 9.97 Å². The average Bonchev–Trinajstić information content (AvgIpc) is 2.35. The van der Waals surface area contributed by atoms with Gasteiger partial charge in [0.05, 0.1) is 0 Å². The number of hydrogen-bond donors (Lipinski definition) is 3. The first-order valence-electron chi connectivity index (χ1n) is 5.66. The second-order valence-electron chi connectivity index (χ2n) is 3.68. The van der Waals surface area contributed by atoms with E-state index in [-0.39, 0.29) is 24.1 Å². The van der Waals surface area contributed by atoms with E-state index in [4.69, 9.17) is 5.84 Å². The van der Waals surface area contributed by atoms with Crippen molar-refractivity contribution in [2.75, 3.05) is 23.0 Å². The summed E-state index contributed by atoms with van der Waals surface area (Å²) < 4.78 is 35.9. The quantitative estimate of drug-likeness (QED) is 0.425. The summed E-state index contributed by atoms with van der Waals surface area (Å²) in [7, 11) is 0. The first-order chi connectivity index (χ1) is 8.87. The van der Waals surface area contributed by atoms with Crippen LogP contribution in [0.2, 0.25) is 0 Å². The molecule has 0 bridgehead atoms. The molecule has 0 amide bonds. The lowest BCUT2D eigenvalue weighted by atomic mass is 10.3. The number of nitrogens with two attached hydrogens (primary N) is 1. The van der Waals surface area contributed by atoms with Crippen LogP contribution >= 0.6 is 11.8 Å². The third-order valence-electron chi connectivity index (χ3n) is 2.31. The van der Waals surface area contributed by atoms with Crippen LogP contribution in [-0.2, 0) is 6.42 Å². The van der Waals surface area contributed by atoms with Gasteiger partial charge in [-0.1, -0.05) is 6.92 Å². The van der Waals surface area contributed by atoms with Crippen LogP contribution in [0.5, 0.6) is 0 Å². The maximum Gasteiger partial charge on any atom is 0.441 e. The van der Waals surface area contributed by atoms with Gasteiger partial charge in [-0.25, -0.2) is 15.8 Å². The van der Waals surface area contributed by atoms with Crippen LogP contribution in [0.1, 0.15) is 18.3 Å². The molecule has 0 unspecified atom stereocenters. The van der Waals surface area contributed by atoms with Gasteiger partial charge in [-0.3, -0.25) is 0 Å². The highest BCUT2D eigenvalue weighted by atomic mass is 32.2. The van der Waals surface area contributed by atoms with E-state index < -0.39 is 5.51 Å². The van der Waals surface area contributed by atoms with Crippen LogP contribution < -0.4 is 16.6 Å². The molecule has 0 atom stereocenters. The maximum atomic E-state index is 12.0. The Kier molecular flexibility index (Phi) is 5.67. The lowest BCUT2D eigenvalue weighted by Gasteiger charge is -2.13. The molecule has 1 aromatic rings. The van der Waals surface area contributed by atoms with Gasteiger partial charge in [0.25, 0.3) is 0 Å². The molecule has 0 fully saturated rings. The van der Waals surface area contributed by atoms with Crippen LogP contribution in [0.15, 0.2) is 0 Å². The fraction of sp³-hybridized carbons (Fsp3) is 0.600. The SMILES string of the molecule is CCc1nc(NN)c(C)c(NCCSC(F)(F)F)n1. The normalized spacial score (nSPS) is 11.5. The van der Waals surface area contributed by atoms with Crippen molar-refractivity contribution in [2.24, 2.45) is 5.84 Å². The summed E-state index contributed by atoms with van der Waals surface area (Å²) >= 11 is -0.0676. The van der Waals surface area contributed by atoms with Gasteiger partial charge in [-0.05, 0) is 18.7 Å². The van der Waals surface area contributed by atoms with E-state index in [2.05, 4.69) is 20.7 Å². The van der Waals surface area contributed by atoms with Crippen molar-refractivity contribution in [3.63, 3.8) is 0 Å². The fourth-order valence-electron chi connectivity index (χ4n) is 1.37. The van der Waals surface area contributed by atoms with E-state index in [9.17, 15) is 13.2 Å². The molecule has 4 N–H and O–H groups in total. The van der Waals surface area contributed by atoms with Crippen molar-refractivity contribution in [3.05, 3.63) is 11.4 Å². The number of hydrogen-bond acceptors (Lipinski definition) is 6. The molecule has 1 aromatic heterocycles. The Labute approximate surface area is 113 Å². The predicted molar refractivity (Wildman–Crippen MR) is 71.0 cm³/mol. The number of nitrogen functional groups attached to an aromatic ring is 1. The zero-order chi connectivity index (χ0) is 14.5. The lowest BCUT2D eigenvalue weighted by molar-refractivity contribution is -0.0327. The number of nitrogens with zero attached hydrogens (tertiary/aromatic N) is 2. The summed E-state index contributed by atoms with van der Waals surface area (Å²) in [5.41, 5.74) is -1.08. The number of anilines is 2. The van der Waals surface area contributed by atoms with E-state index in [0.29, 0.717) is 29.4 Å². The molecular formula is C10H16F3N5S. The van der Waals surface area contributed by atoms with Crippen LogP contribution in [-0.4, -0.2) is 27.8 Å². The number of aryl methyl sites for hydroxylation is 1. The van der Waals surface area contributed by atoms with Crippen LogP contribution in [0.3, 0.4) is 0 Å². The third-order valence-corrected chi connectivity index (χ3v) is 3.04. The summed E-state index contributed by atoms with van der Waals surface area (Å²) in [6.07, 6.45) is 0.612. The zero-order valence-electron chi connectivity index (χ0n) is 10.6. The monoisotopic (exact) mass is 295 g/mol. The van der Waals surface area contributed by atoms with Gasteiger partial charge >= 0.3 is 5.51 Å². The van der Waals surface area contributed by atoms with Crippen LogP contribution in [0.25, 0.3) is 0 Å². The minimum absolute atomic E-state index is 0.0676. The minimum atomic E-state index is -4.21. The van der Waals surface area contributed by atoms with Gasteiger partial charge in [0.15, 0.2) is 0 Å². The zero-order valence-corrected chi connectivity index (χ0v) is 11.5. The number of thioether (sulfide) groups is 1. The molecule has 0 aliphatic rings. The minimum Gasteiger partial charge on any atom is -0.369 e. The average molecular weight is 295 g/mol. The second kappa shape index (κ2) is 6.80. The van der Waals surface area contributed by atoms with E-state index in [0.717, 1.165) is 0 Å². The van der Waals surface area contributed by atoms with Gasteiger partial charge in [-0.15, -0.1) is 0 Å². The van der Waals surface area contributed by atoms with Crippen molar-refractivity contribution in [3.8, 4) is 0 Å². The molecule has 5 nitrogen and oxygen atoms in total. The summed E-state index contributed by atoms with van der Waals surface area (Å²) in [6, 6.07) is 0. The first kappa shape index (κ1) is 15.8. The summed E-state index contributed by atoms with van der Waals surface area (Å²) in [5.74, 6) is 6.80. The molecular weight excluding hydrogens is 279 g/mol. The summed E-state index contributed by atoms with van der Waals surface area (Å²) in [6.45, 7) is 3.79.